The highest BCUT2D eigenvalue weighted by Gasteiger charge is 2.19. The number of nitrogens with one attached hydrogen (secondary N) is 1. The van der Waals surface area contributed by atoms with Crippen LogP contribution in [0.1, 0.15) is 27.8 Å². The topological polar surface area (TPSA) is 82.5 Å². The number of methoxy groups -OCH3 is 1. The van der Waals surface area contributed by atoms with Crippen LogP contribution in [0.3, 0.4) is 0 Å². The second kappa shape index (κ2) is 8.18. The Morgan fingerprint density at radius 1 is 1.11 bits per heavy atom. The first-order valence-corrected chi connectivity index (χ1v) is 8.40. The summed E-state index contributed by atoms with van der Waals surface area (Å²) in [5.41, 5.74) is 1.76. The molecule has 0 bridgehead atoms. The van der Waals surface area contributed by atoms with Gasteiger partial charge in [0, 0.05) is 5.69 Å². The van der Waals surface area contributed by atoms with E-state index in [4.69, 9.17) is 9.47 Å². The fourth-order valence-electron chi connectivity index (χ4n) is 2.51. The van der Waals surface area contributed by atoms with E-state index in [0.717, 1.165) is 5.69 Å². The van der Waals surface area contributed by atoms with Crippen molar-refractivity contribution in [3.8, 4) is 11.4 Å². The van der Waals surface area contributed by atoms with Crippen molar-refractivity contribution in [1.29, 1.82) is 0 Å². The summed E-state index contributed by atoms with van der Waals surface area (Å²) in [6, 6.07) is 15.9. The van der Waals surface area contributed by atoms with Crippen LogP contribution >= 0.6 is 0 Å². The molecule has 1 aromatic heterocycles. The largest absolute Gasteiger partial charge is 0.493 e. The Labute approximate surface area is 156 Å². The van der Waals surface area contributed by atoms with Crippen molar-refractivity contribution in [2.24, 2.45) is 0 Å². The monoisotopic (exact) mass is 365 g/mol. The van der Waals surface area contributed by atoms with Gasteiger partial charge in [0.2, 0.25) is 0 Å². The third-order valence-electron chi connectivity index (χ3n) is 3.77. The van der Waals surface area contributed by atoms with E-state index >= 15 is 0 Å². The summed E-state index contributed by atoms with van der Waals surface area (Å²) < 4.78 is 11.8. The lowest BCUT2D eigenvalue weighted by atomic mass is 10.2. The molecule has 7 nitrogen and oxygen atoms in total. The molecule has 0 aliphatic rings. The Balaban J connectivity index is 1.83. The van der Waals surface area contributed by atoms with E-state index < -0.39 is 11.9 Å². The van der Waals surface area contributed by atoms with Crippen molar-refractivity contribution in [2.45, 2.75) is 6.92 Å². The first kappa shape index (κ1) is 18.2. The Morgan fingerprint density at radius 2 is 1.89 bits per heavy atom. The molecule has 27 heavy (non-hydrogen) atoms. The maximum atomic E-state index is 12.7. The van der Waals surface area contributed by atoms with Crippen LogP contribution in [0.25, 0.3) is 5.69 Å². The van der Waals surface area contributed by atoms with Gasteiger partial charge in [0.1, 0.15) is 0 Å². The van der Waals surface area contributed by atoms with Gasteiger partial charge < -0.3 is 14.8 Å². The lowest BCUT2D eigenvalue weighted by Crippen LogP contribution is -2.15. The van der Waals surface area contributed by atoms with Gasteiger partial charge >= 0.3 is 5.97 Å². The zero-order valence-corrected chi connectivity index (χ0v) is 15.0. The van der Waals surface area contributed by atoms with Crippen LogP contribution < -0.4 is 10.1 Å². The molecule has 0 aliphatic heterocycles. The van der Waals surface area contributed by atoms with Gasteiger partial charge in [0.05, 0.1) is 31.2 Å². The van der Waals surface area contributed by atoms with Gasteiger partial charge in [-0.1, -0.05) is 24.3 Å². The number of amides is 1. The predicted octanol–water partition coefficient (Wildman–Crippen LogP) is 3.31. The number of carbonyl (C=O) groups excluding carboxylic acids is 2. The molecule has 7 heteroatoms. The summed E-state index contributed by atoms with van der Waals surface area (Å²) in [6.45, 7) is 2.02. The highest BCUT2D eigenvalue weighted by Crippen LogP contribution is 2.21. The third kappa shape index (κ3) is 4.14. The van der Waals surface area contributed by atoms with Gasteiger partial charge in [-0.3, -0.25) is 4.79 Å². The van der Waals surface area contributed by atoms with Crippen molar-refractivity contribution < 1.29 is 19.1 Å². The Morgan fingerprint density at radius 3 is 2.59 bits per heavy atom. The summed E-state index contributed by atoms with van der Waals surface area (Å²) >= 11 is 0. The third-order valence-corrected chi connectivity index (χ3v) is 3.77. The van der Waals surface area contributed by atoms with Gasteiger partial charge in [-0.05, 0) is 37.3 Å². The number of carbonyl (C=O) groups is 2. The molecule has 0 spiro atoms. The fourth-order valence-corrected chi connectivity index (χ4v) is 2.51. The summed E-state index contributed by atoms with van der Waals surface area (Å²) in [4.78, 5) is 24.5. The van der Waals surface area contributed by atoms with E-state index in [1.54, 1.807) is 42.1 Å². The van der Waals surface area contributed by atoms with Gasteiger partial charge in [0.15, 0.2) is 11.4 Å². The van der Waals surface area contributed by atoms with Gasteiger partial charge in [-0.25, -0.2) is 9.48 Å². The second-order valence-electron chi connectivity index (χ2n) is 5.58. The molecule has 2 aromatic carbocycles. The van der Waals surface area contributed by atoms with Gasteiger partial charge in [-0.15, -0.1) is 0 Å². The maximum absolute atomic E-state index is 12.7. The van der Waals surface area contributed by atoms with Crippen molar-refractivity contribution in [2.75, 3.05) is 19.0 Å². The minimum Gasteiger partial charge on any atom is -0.493 e. The van der Waals surface area contributed by atoms with E-state index in [9.17, 15) is 9.59 Å². The average molecular weight is 365 g/mol. The Bertz CT molecular complexity index is 951. The van der Waals surface area contributed by atoms with Crippen LogP contribution in [0.2, 0.25) is 0 Å². The van der Waals surface area contributed by atoms with Crippen LogP contribution in [0.4, 0.5) is 5.69 Å². The number of hydrogen-bond acceptors (Lipinski definition) is 5. The number of anilines is 1. The van der Waals surface area contributed by atoms with Crippen LogP contribution in [0.5, 0.6) is 5.75 Å². The number of para-hydroxylation sites is 1. The molecule has 1 N–H and O–H groups in total. The molecule has 1 heterocycles. The minimum atomic E-state index is -0.445. The zero-order valence-electron chi connectivity index (χ0n) is 15.0. The van der Waals surface area contributed by atoms with Gasteiger partial charge in [0.25, 0.3) is 5.91 Å². The first-order valence-electron chi connectivity index (χ1n) is 8.40. The number of aromatic nitrogens is 2. The van der Waals surface area contributed by atoms with Crippen LogP contribution in [-0.2, 0) is 4.74 Å². The highest BCUT2D eigenvalue weighted by molar-refractivity contribution is 6.05. The molecule has 138 valence electrons. The van der Waals surface area contributed by atoms with E-state index in [2.05, 4.69) is 10.4 Å². The smallest absolute Gasteiger partial charge is 0.338 e. The summed E-state index contributed by atoms with van der Waals surface area (Å²) in [6.07, 6.45) is 1.64. The first-order chi connectivity index (χ1) is 13.1. The van der Waals surface area contributed by atoms with Crippen LogP contribution in [-0.4, -0.2) is 35.4 Å². The van der Waals surface area contributed by atoms with Crippen molar-refractivity contribution in [1.82, 2.24) is 9.78 Å². The molecule has 3 aromatic rings. The maximum Gasteiger partial charge on any atom is 0.338 e. The van der Waals surface area contributed by atoms with Crippen molar-refractivity contribution in [3.63, 3.8) is 0 Å². The number of ether oxygens (including phenoxy) is 2. The van der Waals surface area contributed by atoms with E-state index in [1.165, 1.54) is 7.11 Å². The molecular weight excluding hydrogens is 346 g/mol. The summed E-state index contributed by atoms with van der Waals surface area (Å²) in [5, 5.41) is 7.05. The number of hydrogen-bond donors (Lipinski definition) is 1. The molecule has 3 rings (SSSR count). The molecule has 0 radical (unpaired) electrons. The number of rotatable bonds is 6. The number of esters is 1. The Kier molecular flexibility index (Phi) is 5.51. The van der Waals surface area contributed by atoms with Crippen LogP contribution in [0, 0.1) is 0 Å². The SMILES string of the molecule is CCOC(=O)c1cccc(NC(=O)c2nn(-c3ccccc3)cc2OC)c1. The standard InChI is InChI=1S/C20H19N3O4/c1-3-27-20(25)14-8-7-9-15(12-14)21-19(24)18-17(26-2)13-23(22-18)16-10-5-4-6-11-16/h4-13H,3H2,1-2H3,(H,21,24). The molecule has 0 fully saturated rings. The summed E-state index contributed by atoms with van der Waals surface area (Å²) in [5.74, 6) is -0.542. The molecule has 0 unspecified atom stereocenters. The lowest BCUT2D eigenvalue weighted by molar-refractivity contribution is 0.0526. The molecule has 0 saturated carbocycles. The van der Waals surface area contributed by atoms with Gasteiger partial charge in [-0.2, -0.15) is 5.10 Å². The molecule has 0 atom stereocenters. The van der Waals surface area contributed by atoms with E-state index in [1.807, 2.05) is 30.3 Å². The van der Waals surface area contributed by atoms with E-state index in [-0.39, 0.29) is 12.3 Å². The second-order valence-corrected chi connectivity index (χ2v) is 5.58. The van der Waals surface area contributed by atoms with Crippen molar-refractivity contribution in [3.05, 3.63) is 72.1 Å². The van der Waals surface area contributed by atoms with Crippen LogP contribution in [0.15, 0.2) is 60.8 Å². The Hall–Kier alpha value is -3.61. The summed E-state index contributed by atoms with van der Waals surface area (Å²) in [7, 11) is 1.48. The minimum absolute atomic E-state index is 0.142. The van der Waals surface area contributed by atoms with Crippen molar-refractivity contribution >= 4 is 17.6 Å². The molecular formula is C20H19N3O4. The molecule has 0 aliphatic carbocycles. The van der Waals surface area contributed by atoms with E-state index in [0.29, 0.717) is 17.0 Å². The normalized spacial score (nSPS) is 10.3. The quantitative estimate of drug-likeness (QED) is 0.678. The molecule has 1 amide bonds. The average Bonchev–Trinajstić information content (AvgIpc) is 3.14. The highest BCUT2D eigenvalue weighted by atomic mass is 16.5. The molecule has 0 saturated heterocycles. The predicted molar refractivity (Wildman–Crippen MR) is 100 cm³/mol. The number of nitrogens with zero attached hydrogens (tertiary/aromatic N) is 2. The fraction of sp³-hybridized carbons (Fsp3) is 0.150. The lowest BCUT2D eigenvalue weighted by Gasteiger charge is -2.07. The zero-order chi connectivity index (χ0) is 19.2. The number of benzene rings is 2.